The van der Waals surface area contributed by atoms with Crippen LogP contribution in [-0.4, -0.2) is 17.5 Å². The van der Waals surface area contributed by atoms with Gasteiger partial charge in [0.05, 0.1) is 12.0 Å². The van der Waals surface area contributed by atoms with E-state index in [4.69, 9.17) is 9.73 Å². The van der Waals surface area contributed by atoms with Crippen molar-refractivity contribution in [1.29, 1.82) is 5.26 Å². The van der Waals surface area contributed by atoms with Crippen molar-refractivity contribution in [2.24, 2.45) is 10.9 Å². The number of nitrogens with zero attached hydrogens (tertiary/aromatic N) is 2. The number of nitriles is 1. The lowest BCUT2D eigenvalue weighted by molar-refractivity contribution is -0.131. The fourth-order valence-electron chi connectivity index (χ4n) is 4.46. The molecule has 4 rings (SSSR count). The molecule has 1 unspecified atom stereocenters. The molecule has 5 nitrogen and oxygen atoms in total. The molecule has 2 aromatic rings. The lowest BCUT2D eigenvalue weighted by Crippen LogP contribution is -2.32. The maximum absolute atomic E-state index is 13.3. The van der Waals surface area contributed by atoms with E-state index in [1.807, 2.05) is 49.4 Å². The number of aliphatic imine (C=N–C) groups is 1. The van der Waals surface area contributed by atoms with Gasteiger partial charge in [0.1, 0.15) is 5.75 Å². The molecule has 2 aliphatic rings. The maximum atomic E-state index is 13.3. The van der Waals surface area contributed by atoms with Gasteiger partial charge in [-0.3, -0.25) is 14.6 Å². The largest absolute Gasteiger partial charge is 0.427 e. The maximum Gasteiger partial charge on any atom is 0.308 e. The topological polar surface area (TPSA) is 79.5 Å². The number of carbonyl (C=O) groups excluding carboxylic acids is 2. The van der Waals surface area contributed by atoms with Crippen LogP contribution in [0.4, 0.5) is 0 Å². The average Bonchev–Trinajstić information content (AvgIpc) is 2.73. The minimum absolute atomic E-state index is 0.0515. The number of carbonyl (C=O) groups is 2. The van der Waals surface area contributed by atoms with Gasteiger partial charge in [-0.05, 0) is 42.5 Å². The Morgan fingerprint density at radius 3 is 2.40 bits per heavy atom. The van der Waals surface area contributed by atoms with Crippen LogP contribution in [0.25, 0.3) is 0 Å². The molecule has 0 bridgehead atoms. The van der Waals surface area contributed by atoms with Gasteiger partial charge in [0, 0.05) is 36.2 Å². The Hall–Kier alpha value is -3.52. The number of hydrogen-bond acceptors (Lipinski definition) is 5. The molecule has 1 aliphatic heterocycles. The molecule has 2 aromatic carbocycles. The molecule has 1 heterocycles. The molecule has 0 saturated carbocycles. The van der Waals surface area contributed by atoms with Crippen molar-refractivity contribution in [3.05, 3.63) is 77.0 Å². The monoisotopic (exact) mass is 398 g/mol. The molecule has 0 spiro atoms. The van der Waals surface area contributed by atoms with E-state index < -0.39 is 11.9 Å². The molecule has 0 saturated heterocycles. The van der Waals surface area contributed by atoms with E-state index in [1.54, 1.807) is 12.1 Å². The van der Waals surface area contributed by atoms with Crippen LogP contribution in [0.2, 0.25) is 0 Å². The Morgan fingerprint density at radius 2 is 1.77 bits per heavy atom. The summed E-state index contributed by atoms with van der Waals surface area (Å²) in [5, 5.41) is 9.84. The highest BCUT2D eigenvalue weighted by Gasteiger charge is 2.41. The lowest BCUT2D eigenvalue weighted by atomic mass is 9.69. The van der Waals surface area contributed by atoms with E-state index >= 15 is 0 Å². The Labute approximate surface area is 175 Å². The second-order valence-corrected chi connectivity index (χ2v) is 7.80. The zero-order valence-electron chi connectivity index (χ0n) is 17.0. The van der Waals surface area contributed by atoms with Crippen LogP contribution in [0.5, 0.6) is 5.75 Å². The third-order valence-electron chi connectivity index (χ3n) is 5.80. The van der Waals surface area contributed by atoms with Gasteiger partial charge < -0.3 is 4.74 Å². The quantitative estimate of drug-likeness (QED) is 0.554. The number of hydrogen-bond donors (Lipinski definition) is 0. The molecule has 0 fully saturated rings. The van der Waals surface area contributed by atoms with E-state index in [9.17, 15) is 14.9 Å². The summed E-state index contributed by atoms with van der Waals surface area (Å²) in [5.41, 5.74) is 4.16. The summed E-state index contributed by atoms with van der Waals surface area (Å²) in [4.78, 5) is 29.2. The third kappa shape index (κ3) is 3.69. The SMILES string of the molecule is CC(=O)Oc1ccc([C@H]2C3=C(C[C@H](c4ccccc4)CC3=O)N=C(C)C2C#N)cc1. The minimum atomic E-state index is -0.499. The molecular formula is C25H22N2O3. The number of allylic oxidation sites excluding steroid dienone is 2. The normalized spacial score (nSPS) is 23.3. The second-order valence-electron chi connectivity index (χ2n) is 7.80. The Kier molecular flexibility index (Phi) is 5.33. The standard InChI is InChI=1S/C25H22N2O3/c1-15-21(14-26)24(18-8-10-20(11-9-18)30-16(2)28)25-22(27-15)12-19(13-23(25)29)17-6-4-3-5-7-17/h3-11,19,21,24H,12-13H2,1-2H3/t19-,21?,24+/m0/s1. The summed E-state index contributed by atoms with van der Waals surface area (Å²) in [6.45, 7) is 3.20. The highest BCUT2D eigenvalue weighted by atomic mass is 16.5. The highest BCUT2D eigenvalue weighted by molar-refractivity contribution is 6.03. The van der Waals surface area contributed by atoms with E-state index in [-0.39, 0.29) is 17.6 Å². The minimum Gasteiger partial charge on any atom is -0.427 e. The first-order valence-electron chi connectivity index (χ1n) is 10.0. The summed E-state index contributed by atoms with van der Waals surface area (Å²) in [7, 11) is 0. The first kappa shape index (κ1) is 19.8. The third-order valence-corrected chi connectivity index (χ3v) is 5.80. The molecule has 0 radical (unpaired) electrons. The van der Waals surface area contributed by atoms with E-state index in [1.165, 1.54) is 6.92 Å². The number of benzene rings is 2. The van der Waals surface area contributed by atoms with Crippen LogP contribution in [0.15, 0.2) is 70.9 Å². The molecule has 30 heavy (non-hydrogen) atoms. The summed E-state index contributed by atoms with van der Waals surface area (Å²) in [5.74, 6) is -0.666. The summed E-state index contributed by atoms with van der Waals surface area (Å²) in [6, 6.07) is 19.4. The van der Waals surface area contributed by atoms with Gasteiger partial charge in [-0.2, -0.15) is 5.26 Å². The fraction of sp³-hybridized carbons (Fsp3) is 0.280. The number of ketones is 1. The summed E-state index contributed by atoms with van der Waals surface area (Å²) >= 11 is 0. The summed E-state index contributed by atoms with van der Waals surface area (Å²) in [6.07, 6.45) is 1.10. The van der Waals surface area contributed by atoms with Crippen molar-refractivity contribution in [1.82, 2.24) is 0 Å². The van der Waals surface area contributed by atoms with Gasteiger partial charge >= 0.3 is 5.97 Å². The Morgan fingerprint density at radius 1 is 1.07 bits per heavy atom. The molecule has 3 atom stereocenters. The van der Waals surface area contributed by atoms with Crippen molar-refractivity contribution in [3.63, 3.8) is 0 Å². The predicted octanol–water partition coefficient (Wildman–Crippen LogP) is 4.71. The van der Waals surface area contributed by atoms with Gasteiger partial charge in [0.25, 0.3) is 0 Å². The number of Topliss-reactive ketones (excluding diaryl/α,β-unsaturated/α-hetero) is 1. The number of ether oxygens (including phenoxy) is 1. The predicted molar refractivity (Wildman–Crippen MR) is 113 cm³/mol. The zero-order valence-corrected chi connectivity index (χ0v) is 17.0. The zero-order chi connectivity index (χ0) is 21.3. The van der Waals surface area contributed by atoms with Gasteiger partial charge in [-0.1, -0.05) is 42.5 Å². The van der Waals surface area contributed by atoms with Gasteiger partial charge in [0.15, 0.2) is 5.78 Å². The van der Waals surface area contributed by atoms with Crippen LogP contribution in [0, 0.1) is 17.2 Å². The van der Waals surface area contributed by atoms with Gasteiger partial charge in [-0.15, -0.1) is 0 Å². The van der Waals surface area contributed by atoms with Crippen LogP contribution in [0.3, 0.4) is 0 Å². The Balaban J connectivity index is 1.73. The van der Waals surface area contributed by atoms with Crippen molar-refractivity contribution in [2.45, 2.75) is 38.5 Å². The number of esters is 1. The smallest absolute Gasteiger partial charge is 0.308 e. The molecule has 1 aliphatic carbocycles. The van der Waals surface area contributed by atoms with E-state index in [0.29, 0.717) is 24.2 Å². The fourth-order valence-corrected chi connectivity index (χ4v) is 4.46. The van der Waals surface area contributed by atoms with Gasteiger partial charge in [0.2, 0.25) is 0 Å². The van der Waals surface area contributed by atoms with Crippen molar-refractivity contribution < 1.29 is 14.3 Å². The molecule has 150 valence electrons. The van der Waals surface area contributed by atoms with E-state index in [2.05, 4.69) is 6.07 Å². The van der Waals surface area contributed by atoms with Crippen molar-refractivity contribution in [2.75, 3.05) is 0 Å². The van der Waals surface area contributed by atoms with Crippen LogP contribution in [-0.2, 0) is 9.59 Å². The first-order chi connectivity index (χ1) is 14.5. The summed E-state index contributed by atoms with van der Waals surface area (Å²) < 4.78 is 5.12. The average molecular weight is 398 g/mol. The lowest BCUT2D eigenvalue weighted by Gasteiger charge is -2.35. The molecule has 0 amide bonds. The second kappa shape index (κ2) is 8.08. The van der Waals surface area contributed by atoms with Crippen LogP contribution < -0.4 is 4.74 Å². The van der Waals surface area contributed by atoms with Gasteiger partial charge in [-0.25, -0.2) is 0 Å². The molecule has 0 aromatic heterocycles. The molecule has 0 N–H and O–H groups in total. The molecular weight excluding hydrogens is 376 g/mol. The van der Waals surface area contributed by atoms with Crippen LogP contribution in [0.1, 0.15) is 49.7 Å². The van der Waals surface area contributed by atoms with E-state index in [0.717, 1.165) is 22.5 Å². The molecule has 5 heteroatoms. The van der Waals surface area contributed by atoms with Crippen molar-refractivity contribution in [3.8, 4) is 11.8 Å². The van der Waals surface area contributed by atoms with Crippen LogP contribution >= 0.6 is 0 Å². The Bertz CT molecular complexity index is 1090. The van der Waals surface area contributed by atoms with Crippen molar-refractivity contribution >= 4 is 17.5 Å². The highest BCUT2D eigenvalue weighted by Crippen LogP contribution is 2.46. The number of rotatable bonds is 3. The first-order valence-corrected chi connectivity index (χ1v) is 10.0.